The van der Waals surface area contributed by atoms with E-state index in [0.717, 1.165) is 5.39 Å². The standard InChI is InChI=1S/C23H14Cl2O5S/c24-17-5-10-22(25)21(13-17)23(26)14-1-6-18(7-2-14)30-19-8-3-16-12-20(31(27,28)29)9-4-15(16)11-19/h1-13H,(H,27,28,29). The molecule has 0 heterocycles. The van der Waals surface area contributed by atoms with Crippen molar-refractivity contribution in [2.75, 3.05) is 0 Å². The molecule has 0 saturated carbocycles. The lowest BCUT2D eigenvalue weighted by atomic mass is 10.0. The average Bonchev–Trinajstić information content (AvgIpc) is 2.74. The van der Waals surface area contributed by atoms with Gasteiger partial charge in [-0.25, -0.2) is 0 Å². The number of carbonyl (C=O) groups excluding carboxylic acids is 1. The Labute approximate surface area is 188 Å². The van der Waals surface area contributed by atoms with Gasteiger partial charge in [-0.15, -0.1) is 0 Å². The van der Waals surface area contributed by atoms with E-state index < -0.39 is 10.1 Å². The number of fused-ring (bicyclic) bond motifs is 1. The number of hydrogen-bond donors (Lipinski definition) is 1. The highest BCUT2D eigenvalue weighted by Gasteiger charge is 2.14. The van der Waals surface area contributed by atoms with Gasteiger partial charge in [0, 0.05) is 16.1 Å². The number of benzene rings is 4. The predicted octanol–water partition coefficient (Wildman–Crippen LogP) is 6.42. The van der Waals surface area contributed by atoms with Crippen molar-refractivity contribution in [1.82, 2.24) is 0 Å². The lowest BCUT2D eigenvalue weighted by molar-refractivity contribution is 0.103. The van der Waals surface area contributed by atoms with E-state index in [2.05, 4.69) is 0 Å². The average molecular weight is 473 g/mol. The van der Waals surface area contributed by atoms with Crippen molar-refractivity contribution >= 4 is 49.9 Å². The molecule has 0 radical (unpaired) electrons. The first-order valence-corrected chi connectivity index (χ1v) is 11.2. The van der Waals surface area contributed by atoms with Crippen molar-refractivity contribution < 1.29 is 22.5 Å². The number of carbonyl (C=O) groups is 1. The fourth-order valence-electron chi connectivity index (χ4n) is 3.06. The van der Waals surface area contributed by atoms with Crippen LogP contribution in [0.2, 0.25) is 10.0 Å². The van der Waals surface area contributed by atoms with Gasteiger partial charge in [-0.3, -0.25) is 9.35 Å². The van der Waals surface area contributed by atoms with E-state index >= 15 is 0 Å². The van der Waals surface area contributed by atoms with Gasteiger partial charge in [0.15, 0.2) is 5.78 Å². The summed E-state index contributed by atoms with van der Waals surface area (Å²) < 4.78 is 37.6. The van der Waals surface area contributed by atoms with Crippen LogP contribution in [0.3, 0.4) is 0 Å². The molecule has 4 rings (SSSR count). The van der Waals surface area contributed by atoms with Gasteiger partial charge in [0.25, 0.3) is 10.1 Å². The number of hydrogen-bond acceptors (Lipinski definition) is 4. The third-order valence-corrected chi connectivity index (χ3v) is 6.02. The monoisotopic (exact) mass is 472 g/mol. The summed E-state index contributed by atoms with van der Waals surface area (Å²) in [7, 11) is -4.26. The summed E-state index contributed by atoms with van der Waals surface area (Å²) in [6.45, 7) is 0. The molecule has 0 aliphatic heterocycles. The van der Waals surface area contributed by atoms with E-state index in [1.54, 1.807) is 60.7 Å². The molecule has 0 bridgehead atoms. The van der Waals surface area contributed by atoms with Crippen LogP contribution in [-0.4, -0.2) is 18.8 Å². The predicted molar refractivity (Wildman–Crippen MR) is 120 cm³/mol. The summed E-state index contributed by atoms with van der Waals surface area (Å²) in [5.74, 6) is 0.797. The Morgan fingerprint density at radius 3 is 2.13 bits per heavy atom. The molecular weight excluding hydrogens is 459 g/mol. The number of ketones is 1. The molecule has 0 spiro atoms. The molecule has 0 aliphatic rings. The maximum absolute atomic E-state index is 12.7. The van der Waals surface area contributed by atoms with Crippen molar-refractivity contribution in [3.8, 4) is 11.5 Å². The van der Waals surface area contributed by atoms with E-state index in [0.29, 0.717) is 38.1 Å². The Kier molecular flexibility index (Phi) is 5.73. The number of ether oxygens (including phenoxy) is 1. The fraction of sp³-hybridized carbons (Fsp3) is 0. The number of rotatable bonds is 5. The van der Waals surface area contributed by atoms with E-state index in [9.17, 15) is 17.8 Å². The second-order valence-electron chi connectivity index (χ2n) is 6.73. The van der Waals surface area contributed by atoms with Gasteiger partial charge in [-0.05, 0) is 77.5 Å². The third kappa shape index (κ3) is 4.73. The van der Waals surface area contributed by atoms with Crippen LogP contribution in [0.25, 0.3) is 10.8 Å². The second-order valence-corrected chi connectivity index (χ2v) is 8.99. The Hall–Kier alpha value is -2.90. The summed E-state index contributed by atoms with van der Waals surface area (Å²) in [4.78, 5) is 12.5. The molecule has 0 amide bonds. The summed E-state index contributed by atoms with van der Waals surface area (Å²) >= 11 is 12.1. The van der Waals surface area contributed by atoms with Crippen LogP contribution < -0.4 is 4.74 Å². The Morgan fingerprint density at radius 2 is 1.42 bits per heavy atom. The Morgan fingerprint density at radius 1 is 0.774 bits per heavy atom. The van der Waals surface area contributed by atoms with Gasteiger partial charge in [0.05, 0.1) is 9.92 Å². The first-order valence-electron chi connectivity index (χ1n) is 9.00. The molecule has 0 aliphatic carbocycles. The first-order chi connectivity index (χ1) is 14.7. The highest BCUT2D eigenvalue weighted by atomic mass is 35.5. The van der Waals surface area contributed by atoms with Crippen LogP contribution in [0.15, 0.2) is 83.8 Å². The molecule has 1 N–H and O–H groups in total. The Balaban J connectivity index is 1.55. The van der Waals surface area contributed by atoms with Gasteiger partial charge in [-0.2, -0.15) is 8.42 Å². The first kappa shape index (κ1) is 21.3. The van der Waals surface area contributed by atoms with Crippen molar-refractivity contribution in [2.24, 2.45) is 0 Å². The maximum Gasteiger partial charge on any atom is 0.294 e. The van der Waals surface area contributed by atoms with Gasteiger partial charge in [0.1, 0.15) is 11.5 Å². The van der Waals surface area contributed by atoms with E-state index in [4.69, 9.17) is 27.9 Å². The molecule has 31 heavy (non-hydrogen) atoms. The summed E-state index contributed by atoms with van der Waals surface area (Å²) in [5, 5.41) is 2.13. The minimum absolute atomic E-state index is 0.172. The van der Waals surface area contributed by atoms with Gasteiger partial charge < -0.3 is 4.74 Å². The summed E-state index contributed by atoms with van der Waals surface area (Å²) in [6.07, 6.45) is 0. The molecule has 5 nitrogen and oxygen atoms in total. The zero-order chi connectivity index (χ0) is 22.2. The topological polar surface area (TPSA) is 80.7 Å². The smallest absolute Gasteiger partial charge is 0.294 e. The molecule has 0 saturated heterocycles. The SMILES string of the molecule is O=C(c1ccc(Oc2ccc3cc(S(=O)(=O)O)ccc3c2)cc1)c1cc(Cl)ccc1Cl. The van der Waals surface area contributed by atoms with Crippen molar-refractivity contribution in [3.05, 3.63) is 100 Å². The Bertz CT molecular complexity index is 1410. The van der Waals surface area contributed by atoms with Crippen molar-refractivity contribution in [3.63, 3.8) is 0 Å². The molecular formula is C23H14Cl2O5S. The maximum atomic E-state index is 12.7. The van der Waals surface area contributed by atoms with Crippen molar-refractivity contribution in [2.45, 2.75) is 4.90 Å². The van der Waals surface area contributed by atoms with Crippen LogP contribution in [-0.2, 0) is 10.1 Å². The highest BCUT2D eigenvalue weighted by Crippen LogP contribution is 2.29. The van der Waals surface area contributed by atoms with E-state index in [1.807, 2.05) is 0 Å². The molecule has 0 aromatic heterocycles. The van der Waals surface area contributed by atoms with Gasteiger partial charge >= 0.3 is 0 Å². The largest absolute Gasteiger partial charge is 0.457 e. The van der Waals surface area contributed by atoms with Gasteiger partial charge in [0.2, 0.25) is 0 Å². The minimum Gasteiger partial charge on any atom is -0.457 e. The van der Waals surface area contributed by atoms with Crippen LogP contribution in [0.5, 0.6) is 11.5 Å². The highest BCUT2D eigenvalue weighted by molar-refractivity contribution is 7.85. The lowest BCUT2D eigenvalue weighted by Crippen LogP contribution is -2.02. The fourth-order valence-corrected chi connectivity index (χ4v) is 3.95. The summed E-state index contributed by atoms with van der Waals surface area (Å²) in [6, 6.07) is 20.7. The van der Waals surface area contributed by atoms with Crippen LogP contribution in [0, 0.1) is 0 Å². The van der Waals surface area contributed by atoms with Crippen LogP contribution in [0.4, 0.5) is 0 Å². The second kappa shape index (κ2) is 8.32. The number of halogens is 2. The molecule has 4 aromatic rings. The molecule has 0 fully saturated rings. The summed E-state index contributed by atoms with van der Waals surface area (Å²) in [5.41, 5.74) is 0.759. The van der Waals surface area contributed by atoms with Crippen LogP contribution in [0.1, 0.15) is 15.9 Å². The zero-order valence-electron chi connectivity index (χ0n) is 15.7. The van der Waals surface area contributed by atoms with Crippen molar-refractivity contribution in [1.29, 1.82) is 0 Å². The third-order valence-electron chi connectivity index (χ3n) is 4.61. The molecule has 4 aromatic carbocycles. The van der Waals surface area contributed by atoms with Gasteiger partial charge in [-0.1, -0.05) is 35.3 Å². The molecule has 8 heteroatoms. The van der Waals surface area contributed by atoms with E-state index in [-0.39, 0.29) is 10.7 Å². The quantitative estimate of drug-likeness (QED) is 0.267. The van der Waals surface area contributed by atoms with E-state index in [1.165, 1.54) is 18.2 Å². The zero-order valence-corrected chi connectivity index (χ0v) is 18.1. The lowest BCUT2D eigenvalue weighted by Gasteiger charge is -2.09. The van der Waals surface area contributed by atoms with Crippen LogP contribution >= 0.6 is 23.2 Å². The molecule has 0 unspecified atom stereocenters. The molecule has 0 atom stereocenters. The normalized spacial score (nSPS) is 11.5. The molecule has 156 valence electrons. The minimum atomic E-state index is -4.26.